The first-order valence-corrected chi connectivity index (χ1v) is 14.7. The highest BCUT2D eigenvalue weighted by Crippen LogP contribution is 2.38. The number of rotatable bonds is 9. The van der Waals surface area contributed by atoms with Crippen LogP contribution in [0.25, 0.3) is 21.2 Å². The number of fused-ring (bicyclic) bond motifs is 1. The molecule has 1 heterocycles. The Labute approximate surface area is 244 Å². The van der Waals surface area contributed by atoms with Crippen LogP contribution in [0.2, 0.25) is 5.02 Å². The summed E-state index contributed by atoms with van der Waals surface area (Å²) >= 11 is 8.26. The minimum atomic E-state index is -0.0344. The molecule has 1 aliphatic carbocycles. The Balaban J connectivity index is 1.50. The summed E-state index contributed by atoms with van der Waals surface area (Å²) < 4.78 is 6.78. The molecule has 0 radical (unpaired) electrons. The van der Waals surface area contributed by atoms with Crippen molar-refractivity contribution in [1.82, 2.24) is 10.2 Å². The number of thiophene rings is 1. The zero-order chi connectivity index (χ0) is 28.2. The molecule has 0 aliphatic heterocycles. The number of carbonyl (C=O) groups is 2. The topological polar surface area (TPSA) is 61.9 Å². The molecule has 8 heteroatoms. The van der Waals surface area contributed by atoms with Crippen molar-refractivity contribution in [2.24, 2.45) is 0 Å². The van der Waals surface area contributed by atoms with Crippen molar-refractivity contribution in [2.45, 2.75) is 44.3 Å². The summed E-state index contributed by atoms with van der Waals surface area (Å²) in [7, 11) is 5.40. The molecule has 0 spiro atoms. The van der Waals surface area contributed by atoms with Crippen LogP contribution in [0.1, 0.15) is 40.9 Å². The van der Waals surface area contributed by atoms with Gasteiger partial charge in [0.2, 0.25) is 6.41 Å². The van der Waals surface area contributed by atoms with Gasteiger partial charge in [0.25, 0.3) is 5.91 Å². The van der Waals surface area contributed by atoms with Gasteiger partial charge in [-0.2, -0.15) is 0 Å². The lowest BCUT2D eigenvalue weighted by molar-refractivity contribution is -0.107. The van der Waals surface area contributed by atoms with Gasteiger partial charge in [-0.25, -0.2) is 0 Å². The fourth-order valence-electron chi connectivity index (χ4n) is 5.54. The SMILES string of the molecule is CN[C@H]1CC[C@H](N(Cc2cc(-c3ccc(N(C)C=O)cc3)ccc2OC)C(=O)c2sc3ccccc3c2Cl)CC1. The van der Waals surface area contributed by atoms with E-state index in [2.05, 4.69) is 11.4 Å². The van der Waals surface area contributed by atoms with E-state index in [-0.39, 0.29) is 11.9 Å². The fourth-order valence-corrected chi connectivity index (χ4v) is 7.01. The number of nitrogens with zero attached hydrogens (tertiary/aromatic N) is 2. The Hall–Kier alpha value is -3.39. The van der Waals surface area contributed by atoms with Crippen LogP contribution in [-0.4, -0.2) is 50.5 Å². The Kier molecular flexibility index (Phi) is 8.74. The van der Waals surface area contributed by atoms with E-state index in [0.717, 1.165) is 70.3 Å². The largest absolute Gasteiger partial charge is 0.496 e. The molecule has 1 saturated carbocycles. The van der Waals surface area contributed by atoms with Crippen LogP contribution in [0.15, 0.2) is 66.7 Å². The third-order valence-corrected chi connectivity index (χ3v) is 9.59. The van der Waals surface area contributed by atoms with Gasteiger partial charge in [0.1, 0.15) is 10.6 Å². The number of ether oxygens (including phenoxy) is 1. The number of halogens is 1. The van der Waals surface area contributed by atoms with Crippen molar-refractivity contribution < 1.29 is 14.3 Å². The van der Waals surface area contributed by atoms with Gasteiger partial charge in [-0.05, 0) is 74.2 Å². The van der Waals surface area contributed by atoms with Crippen molar-refractivity contribution >= 4 is 51.0 Å². The number of methoxy groups -OCH3 is 1. The first-order valence-electron chi connectivity index (χ1n) is 13.5. The van der Waals surface area contributed by atoms with E-state index in [9.17, 15) is 9.59 Å². The quantitative estimate of drug-likeness (QED) is 0.218. The maximum atomic E-state index is 14.2. The molecule has 0 atom stereocenters. The van der Waals surface area contributed by atoms with Crippen LogP contribution < -0.4 is 15.0 Å². The predicted octanol–water partition coefficient (Wildman–Crippen LogP) is 7.00. The number of amides is 2. The van der Waals surface area contributed by atoms with E-state index in [4.69, 9.17) is 16.3 Å². The van der Waals surface area contributed by atoms with Crippen molar-refractivity contribution in [3.63, 3.8) is 0 Å². The van der Waals surface area contributed by atoms with Crippen LogP contribution in [-0.2, 0) is 11.3 Å². The predicted molar refractivity (Wildman–Crippen MR) is 165 cm³/mol. The highest BCUT2D eigenvalue weighted by Gasteiger charge is 2.32. The lowest BCUT2D eigenvalue weighted by atomic mass is 9.89. The van der Waals surface area contributed by atoms with Gasteiger partial charge >= 0.3 is 0 Å². The Morgan fingerprint density at radius 2 is 1.75 bits per heavy atom. The van der Waals surface area contributed by atoms with Gasteiger partial charge in [-0.1, -0.05) is 48.0 Å². The second-order valence-corrected chi connectivity index (χ2v) is 11.7. The van der Waals surface area contributed by atoms with Crippen LogP contribution >= 0.6 is 22.9 Å². The first kappa shape index (κ1) is 28.1. The maximum absolute atomic E-state index is 14.2. The van der Waals surface area contributed by atoms with E-state index in [1.807, 2.05) is 72.6 Å². The number of nitrogens with one attached hydrogen (secondary N) is 1. The number of hydrogen-bond acceptors (Lipinski definition) is 5. The van der Waals surface area contributed by atoms with Crippen molar-refractivity contribution in [3.8, 4) is 16.9 Å². The number of hydrogen-bond donors (Lipinski definition) is 1. The lowest BCUT2D eigenvalue weighted by Gasteiger charge is -2.37. The average Bonchev–Trinajstić information content (AvgIpc) is 3.35. The van der Waals surface area contributed by atoms with Crippen LogP contribution in [0.4, 0.5) is 5.69 Å². The maximum Gasteiger partial charge on any atom is 0.266 e. The second-order valence-electron chi connectivity index (χ2n) is 10.3. The van der Waals surface area contributed by atoms with Gasteiger partial charge in [-0.3, -0.25) is 9.59 Å². The van der Waals surface area contributed by atoms with E-state index in [0.29, 0.717) is 22.5 Å². The molecule has 208 valence electrons. The fraction of sp³-hybridized carbons (Fsp3) is 0.312. The molecule has 40 heavy (non-hydrogen) atoms. The third kappa shape index (κ3) is 5.73. The van der Waals surface area contributed by atoms with Gasteiger partial charge in [0.05, 0.1) is 12.1 Å². The molecule has 4 aromatic rings. The summed E-state index contributed by atoms with van der Waals surface area (Å²) in [5.41, 5.74) is 3.80. The molecule has 0 bridgehead atoms. The van der Waals surface area contributed by atoms with E-state index in [1.54, 1.807) is 14.2 Å². The summed E-state index contributed by atoms with van der Waals surface area (Å²) in [5, 5.41) is 4.84. The molecule has 6 nitrogen and oxygen atoms in total. The summed E-state index contributed by atoms with van der Waals surface area (Å²) in [6.07, 6.45) is 4.67. The van der Waals surface area contributed by atoms with Gasteiger partial charge in [0, 0.05) is 47.0 Å². The highest BCUT2D eigenvalue weighted by atomic mass is 35.5. The van der Waals surface area contributed by atoms with Crippen molar-refractivity contribution in [3.05, 3.63) is 82.2 Å². The molecule has 3 aromatic carbocycles. The summed E-state index contributed by atoms with van der Waals surface area (Å²) in [5.74, 6) is 0.707. The molecule has 1 N–H and O–H groups in total. The number of carbonyl (C=O) groups excluding carboxylic acids is 2. The Bertz CT molecular complexity index is 1500. The van der Waals surface area contributed by atoms with Crippen molar-refractivity contribution in [1.29, 1.82) is 0 Å². The van der Waals surface area contributed by atoms with Crippen LogP contribution in [0.5, 0.6) is 5.75 Å². The Morgan fingerprint density at radius 3 is 2.40 bits per heavy atom. The molecule has 2 amide bonds. The molecule has 5 rings (SSSR count). The lowest BCUT2D eigenvalue weighted by Crippen LogP contribution is -2.44. The summed E-state index contributed by atoms with van der Waals surface area (Å²) in [4.78, 5) is 29.5. The molecule has 0 unspecified atom stereocenters. The van der Waals surface area contributed by atoms with E-state index >= 15 is 0 Å². The van der Waals surface area contributed by atoms with E-state index in [1.165, 1.54) is 16.2 Å². The van der Waals surface area contributed by atoms with Gasteiger partial charge in [-0.15, -0.1) is 11.3 Å². The minimum Gasteiger partial charge on any atom is -0.496 e. The smallest absolute Gasteiger partial charge is 0.266 e. The average molecular weight is 576 g/mol. The van der Waals surface area contributed by atoms with Gasteiger partial charge in [0.15, 0.2) is 0 Å². The van der Waals surface area contributed by atoms with Gasteiger partial charge < -0.3 is 19.9 Å². The molecule has 1 fully saturated rings. The monoisotopic (exact) mass is 575 g/mol. The zero-order valence-corrected chi connectivity index (χ0v) is 24.6. The molecule has 1 aromatic heterocycles. The molecule has 1 aliphatic rings. The molecular weight excluding hydrogens is 542 g/mol. The van der Waals surface area contributed by atoms with Crippen molar-refractivity contribution in [2.75, 3.05) is 26.1 Å². The standard InChI is InChI=1S/C32H34ClN3O3S/c1-34-24-11-15-26(16-12-24)36(32(38)31-30(33)27-6-4-5-7-29(27)40-31)19-23-18-22(10-17-28(23)39-3)21-8-13-25(14-9-21)35(2)20-37/h4-10,13-14,17-18,20,24,26,34H,11-12,15-16,19H2,1-3H3/t24-,26-. The van der Waals surface area contributed by atoms with Crippen LogP contribution in [0, 0.1) is 0 Å². The summed E-state index contributed by atoms with van der Waals surface area (Å²) in [6.45, 7) is 0.418. The zero-order valence-electron chi connectivity index (χ0n) is 23.0. The Morgan fingerprint density at radius 1 is 1.05 bits per heavy atom. The van der Waals surface area contributed by atoms with Crippen LogP contribution in [0.3, 0.4) is 0 Å². The normalized spacial score (nSPS) is 17.0. The molecular formula is C32H34ClN3O3S. The highest BCUT2D eigenvalue weighted by molar-refractivity contribution is 7.21. The summed E-state index contributed by atoms with van der Waals surface area (Å²) in [6, 6.07) is 22.4. The second kappa shape index (κ2) is 12.4. The number of anilines is 1. The first-order chi connectivity index (χ1) is 19.4. The third-order valence-electron chi connectivity index (χ3n) is 7.92. The van der Waals surface area contributed by atoms with E-state index < -0.39 is 0 Å². The number of benzene rings is 3. The molecule has 0 saturated heterocycles. The minimum absolute atomic E-state index is 0.0344.